The Balaban J connectivity index is 1.55. The molecule has 96 valence electrons. The molecule has 2 aliphatic carbocycles. The van der Waals surface area contributed by atoms with E-state index in [1.807, 2.05) is 6.07 Å². The molecule has 4 heteroatoms. The molecule has 1 aromatic heterocycles. The summed E-state index contributed by atoms with van der Waals surface area (Å²) < 4.78 is 0. The fourth-order valence-electron chi connectivity index (χ4n) is 2.47. The second-order valence-corrected chi connectivity index (χ2v) is 5.53. The first-order valence-electron chi connectivity index (χ1n) is 6.72. The highest BCUT2D eigenvalue weighted by Gasteiger charge is 2.42. The number of amides is 1. The van der Waals surface area contributed by atoms with Gasteiger partial charge < -0.3 is 11.1 Å². The normalized spacial score (nSPS) is 18.9. The number of pyridine rings is 1. The van der Waals surface area contributed by atoms with Crippen LogP contribution in [0.2, 0.25) is 0 Å². The van der Waals surface area contributed by atoms with E-state index in [4.69, 9.17) is 5.73 Å². The molecule has 1 amide bonds. The molecule has 3 N–H and O–H groups in total. The van der Waals surface area contributed by atoms with Gasteiger partial charge in [-0.2, -0.15) is 0 Å². The Hall–Kier alpha value is -1.58. The third-order valence-electron chi connectivity index (χ3n) is 3.78. The van der Waals surface area contributed by atoms with Crippen molar-refractivity contribution in [3.8, 4) is 0 Å². The van der Waals surface area contributed by atoms with Crippen LogP contribution in [0.25, 0.3) is 0 Å². The van der Waals surface area contributed by atoms with E-state index < -0.39 is 0 Å². The van der Waals surface area contributed by atoms with Gasteiger partial charge in [0.15, 0.2) is 0 Å². The lowest BCUT2D eigenvalue weighted by Crippen LogP contribution is -2.39. The van der Waals surface area contributed by atoms with Gasteiger partial charge in [0.1, 0.15) is 0 Å². The summed E-state index contributed by atoms with van der Waals surface area (Å²) >= 11 is 0. The van der Waals surface area contributed by atoms with Crippen LogP contribution in [0.3, 0.4) is 0 Å². The van der Waals surface area contributed by atoms with E-state index >= 15 is 0 Å². The Morgan fingerprint density at radius 1 is 1.33 bits per heavy atom. The van der Waals surface area contributed by atoms with Gasteiger partial charge in [0, 0.05) is 11.7 Å². The van der Waals surface area contributed by atoms with Crippen molar-refractivity contribution in [2.24, 2.45) is 11.8 Å². The summed E-state index contributed by atoms with van der Waals surface area (Å²) in [5, 5.41) is 3.19. The first kappa shape index (κ1) is 11.5. The van der Waals surface area contributed by atoms with E-state index in [0.29, 0.717) is 18.2 Å². The van der Waals surface area contributed by atoms with Gasteiger partial charge in [-0.3, -0.25) is 9.78 Å². The molecular formula is C14H19N3O. The van der Waals surface area contributed by atoms with Crippen LogP contribution in [0, 0.1) is 11.8 Å². The molecule has 0 spiro atoms. The summed E-state index contributed by atoms with van der Waals surface area (Å²) in [6.07, 6.45) is 7.07. The van der Waals surface area contributed by atoms with E-state index in [-0.39, 0.29) is 5.91 Å². The predicted molar refractivity (Wildman–Crippen MR) is 69.7 cm³/mol. The first-order valence-corrected chi connectivity index (χ1v) is 6.72. The Morgan fingerprint density at radius 2 is 2.00 bits per heavy atom. The number of carbonyl (C=O) groups excluding carboxylic acids is 1. The smallest absolute Gasteiger partial charge is 0.226 e. The third kappa shape index (κ3) is 2.81. The van der Waals surface area contributed by atoms with E-state index in [9.17, 15) is 4.79 Å². The maximum atomic E-state index is 12.0. The summed E-state index contributed by atoms with van der Waals surface area (Å²) in [7, 11) is 0. The number of rotatable bonds is 5. The van der Waals surface area contributed by atoms with Crippen LogP contribution in [0.5, 0.6) is 0 Å². The van der Waals surface area contributed by atoms with Gasteiger partial charge in [0.2, 0.25) is 5.91 Å². The number of aromatic nitrogens is 1. The Kier molecular flexibility index (Phi) is 2.94. The summed E-state index contributed by atoms with van der Waals surface area (Å²) in [4.78, 5) is 16.2. The molecule has 0 bridgehead atoms. The fraction of sp³-hybridized carbons (Fsp3) is 0.571. The molecule has 4 nitrogen and oxygen atoms in total. The minimum atomic E-state index is 0.0936. The van der Waals surface area contributed by atoms with Crippen LogP contribution in [0.15, 0.2) is 18.3 Å². The topological polar surface area (TPSA) is 68.0 Å². The van der Waals surface area contributed by atoms with Gasteiger partial charge in [-0.25, -0.2) is 0 Å². The number of anilines is 1. The van der Waals surface area contributed by atoms with E-state index in [1.54, 1.807) is 12.3 Å². The van der Waals surface area contributed by atoms with Crippen molar-refractivity contribution in [2.45, 2.75) is 38.1 Å². The number of nitrogens with one attached hydrogen (secondary N) is 1. The van der Waals surface area contributed by atoms with Gasteiger partial charge in [0.25, 0.3) is 0 Å². The number of nitrogen functional groups attached to an aromatic ring is 1. The zero-order valence-electron chi connectivity index (χ0n) is 10.4. The molecule has 18 heavy (non-hydrogen) atoms. The van der Waals surface area contributed by atoms with Gasteiger partial charge in [-0.05, 0) is 49.7 Å². The largest absolute Gasteiger partial charge is 0.397 e. The van der Waals surface area contributed by atoms with Crippen LogP contribution in [-0.4, -0.2) is 16.9 Å². The molecule has 1 aromatic rings. The second kappa shape index (κ2) is 4.59. The predicted octanol–water partition coefficient (Wildman–Crippen LogP) is 1.51. The number of nitrogens with zero attached hydrogens (tertiary/aromatic N) is 1. The van der Waals surface area contributed by atoms with E-state index in [1.165, 1.54) is 25.7 Å². The lowest BCUT2D eigenvalue weighted by molar-refractivity contribution is -0.121. The van der Waals surface area contributed by atoms with Crippen LogP contribution in [-0.2, 0) is 11.2 Å². The Bertz CT molecular complexity index is 423. The van der Waals surface area contributed by atoms with Crippen molar-refractivity contribution in [2.75, 3.05) is 5.73 Å². The molecule has 0 radical (unpaired) electrons. The maximum absolute atomic E-state index is 12.0. The van der Waals surface area contributed by atoms with Crippen molar-refractivity contribution in [3.05, 3.63) is 24.0 Å². The van der Waals surface area contributed by atoms with Crippen LogP contribution in [0.1, 0.15) is 31.4 Å². The Morgan fingerprint density at radius 3 is 2.50 bits per heavy atom. The van der Waals surface area contributed by atoms with E-state index in [2.05, 4.69) is 10.3 Å². The number of hydrogen-bond acceptors (Lipinski definition) is 3. The minimum absolute atomic E-state index is 0.0936. The molecule has 0 saturated heterocycles. The number of carbonyl (C=O) groups is 1. The quantitative estimate of drug-likeness (QED) is 0.826. The molecule has 2 saturated carbocycles. The molecule has 2 aliphatic rings. The molecule has 0 aliphatic heterocycles. The number of nitrogens with two attached hydrogens (primary N) is 1. The van der Waals surface area contributed by atoms with Crippen molar-refractivity contribution in [3.63, 3.8) is 0 Å². The van der Waals surface area contributed by atoms with Crippen molar-refractivity contribution in [1.82, 2.24) is 10.3 Å². The average molecular weight is 245 g/mol. The molecule has 1 heterocycles. The second-order valence-electron chi connectivity index (χ2n) is 5.53. The van der Waals surface area contributed by atoms with Crippen LogP contribution >= 0.6 is 0 Å². The van der Waals surface area contributed by atoms with Crippen molar-refractivity contribution < 1.29 is 4.79 Å². The molecule has 2 fully saturated rings. The lowest BCUT2D eigenvalue weighted by atomic mass is 10.1. The van der Waals surface area contributed by atoms with Crippen LogP contribution in [0.4, 0.5) is 5.69 Å². The monoisotopic (exact) mass is 245 g/mol. The third-order valence-corrected chi connectivity index (χ3v) is 3.78. The summed E-state index contributed by atoms with van der Waals surface area (Å²) in [5.41, 5.74) is 6.99. The van der Waals surface area contributed by atoms with E-state index in [0.717, 1.165) is 17.5 Å². The first-order chi connectivity index (χ1) is 8.72. The zero-order valence-corrected chi connectivity index (χ0v) is 10.4. The SMILES string of the molecule is Nc1ccc(CC(=O)NC(C2CC2)C2CC2)nc1. The van der Waals surface area contributed by atoms with Crippen LogP contribution < -0.4 is 11.1 Å². The average Bonchev–Trinajstić information content (AvgIpc) is 3.22. The maximum Gasteiger partial charge on any atom is 0.226 e. The lowest BCUT2D eigenvalue weighted by Gasteiger charge is -2.17. The van der Waals surface area contributed by atoms with Crippen molar-refractivity contribution in [1.29, 1.82) is 0 Å². The zero-order chi connectivity index (χ0) is 12.5. The Labute approximate surface area is 107 Å². The molecule has 0 aromatic carbocycles. The fourth-order valence-corrected chi connectivity index (χ4v) is 2.47. The van der Waals surface area contributed by atoms with Gasteiger partial charge in [0.05, 0.1) is 18.3 Å². The minimum Gasteiger partial charge on any atom is -0.397 e. The summed E-state index contributed by atoms with van der Waals surface area (Å²) in [6, 6.07) is 4.03. The highest BCUT2D eigenvalue weighted by Crippen LogP contribution is 2.44. The van der Waals surface area contributed by atoms with Gasteiger partial charge in [-0.15, -0.1) is 0 Å². The highest BCUT2D eigenvalue weighted by molar-refractivity contribution is 5.78. The summed E-state index contributed by atoms with van der Waals surface area (Å²) in [5.74, 6) is 1.57. The standard InChI is InChI=1S/C14H19N3O/c15-11-5-6-12(16-8-11)7-13(18)17-14(9-1-2-9)10-3-4-10/h5-6,8-10,14H,1-4,7,15H2,(H,17,18). The van der Waals surface area contributed by atoms with Crippen molar-refractivity contribution >= 4 is 11.6 Å². The van der Waals surface area contributed by atoms with Gasteiger partial charge in [-0.1, -0.05) is 0 Å². The molecule has 0 atom stereocenters. The summed E-state index contributed by atoms with van der Waals surface area (Å²) in [6.45, 7) is 0. The molecular weight excluding hydrogens is 226 g/mol. The van der Waals surface area contributed by atoms with Gasteiger partial charge >= 0.3 is 0 Å². The highest BCUT2D eigenvalue weighted by atomic mass is 16.1. The molecule has 3 rings (SSSR count). The number of hydrogen-bond donors (Lipinski definition) is 2. The molecule has 0 unspecified atom stereocenters.